The molecule has 3 amide bonds. The Kier molecular flexibility index (Phi) is 43.4. The number of piperidine rings is 2. The van der Waals surface area contributed by atoms with Crippen molar-refractivity contribution >= 4 is 204 Å². The third-order valence-corrected chi connectivity index (χ3v) is 29.7. The van der Waals surface area contributed by atoms with Crippen LogP contribution in [0.4, 0.5) is 14.4 Å². The summed E-state index contributed by atoms with van der Waals surface area (Å²) in [6.07, 6.45) is 15.9. The number of hydrogen-bond acceptors (Lipinski definition) is 21. The van der Waals surface area contributed by atoms with Gasteiger partial charge in [-0.25, -0.2) is 24.4 Å². The van der Waals surface area contributed by atoms with E-state index in [1.807, 2.05) is 243 Å². The van der Waals surface area contributed by atoms with Gasteiger partial charge in [-0.2, -0.15) is 5.26 Å². The zero-order valence-corrected chi connectivity index (χ0v) is 90.9. The Morgan fingerprint density at radius 1 is 0.449 bits per heavy atom. The van der Waals surface area contributed by atoms with Gasteiger partial charge in [-0.15, -0.1) is 0 Å². The standard InChI is InChI=1S/C31H37ClN4O3S.C19H22BrN3OS.C18H27BClNO4.C12H24B2O4.C12H15BrClNO2.C7H3BrClN.3CH4/c1-31(2,3)39-30(38)33-19-21-10-12-23(24(32)17-21)25-20-36-26-13-11-22(18-28(26)40-29(36)34-25)27(37)9-5-8-16-35-14-6-4-7-15-35;20-18-13-23-15-8-7-14(12-17(15)25-19(23)21-18)16(24)6-2-5-11-22-9-3-1-4-10-22;1-16(2,3)23-15(22)21-11-12-8-9-13(14(20)10-12)19-24-17(4,5)18(6,7)25-19;1-9(2)10(3,4)16-13(15-9)14-17-11(5,6)12(7,8)18-14;1-12(2,3)17-11(16)15-7-8-4-5-9(13)10(14)6-8;8-6-2-1-5(4-10)3-7(6)9;;;/h10-13,17-18,20H,4-9,14-16,19H2,1-3H3,(H,33,38);7-8,12-13H,1-6,9-11H2;8-10H,11H2,1-7H3,(H,21,22);1-8H3;4-6H,7H2,1-3H3,(H,15,16);1-3H;3*1H4. The summed E-state index contributed by atoms with van der Waals surface area (Å²) in [5, 5.41) is 18.9. The third-order valence-electron chi connectivity index (χ3n) is 24.1. The number of halogens is 7. The lowest BCUT2D eigenvalue weighted by molar-refractivity contribution is 0.00578. The van der Waals surface area contributed by atoms with Gasteiger partial charge in [0.2, 0.25) is 0 Å². The number of ketones is 2. The molecular weight excluding hydrogens is 2070 g/mol. The zero-order chi connectivity index (χ0) is 99.1. The number of benzene rings is 6. The summed E-state index contributed by atoms with van der Waals surface area (Å²) in [5.74, 6) is 0.466. The Bertz CT molecular complexity index is 5760. The highest BCUT2D eigenvalue weighted by atomic mass is 79.9. The maximum atomic E-state index is 12.9. The molecule has 0 spiro atoms. The van der Waals surface area contributed by atoms with Gasteiger partial charge in [0.05, 0.1) is 86.4 Å². The second-order valence-electron chi connectivity index (χ2n) is 40.2. The van der Waals surface area contributed by atoms with E-state index in [0.29, 0.717) is 58.1 Å². The Balaban J connectivity index is 0.000000235. The van der Waals surface area contributed by atoms with Gasteiger partial charge in [-0.1, -0.05) is 135 Å². The van der Waals surface area contributed by atoms with Gasteiger partial charge in [0, 0.05) is 81.0 Å². The summed E-state index contributed by atoms with van der Waals surface area (Å²) in [5.41, 5.74) is 5.52. The van der Waals surface area contributed by atoms with Gasteiger partial charge < -0.3 is 67.9 Å². The molecule has 138 heavy (non-hydrogen) atoms. The number of fused-ring (bicyclic) bond motifs is 6. The maximum Gasteiger partial charge on any atom is 0.496 e. The van der Waals surface area contributed by atoms with Crippen molar-refractivity contribution in [3.05, 3.63) is 189 Å². The van der Waals surface area contributed by atoms with Crippen LogP contribution in [0.25, 0.3) is 41.6 Å². The molecule has 4 aromatic heterocycles. The number of imidazole rings is 2. The van der Waals surface area contributed by atoms with Crippen molar-refractivity contribution in [1.82, 2.24) is 44.5 Å². The van der Waals surface area contributed by atoms with Crippen LogP contribution in [0.3, 0.4) is 0 Å². The first-order chi connectivity index (χ1) is 63.1. The number of nitrogens with one attached hydrogen (secondary N) is 3. The minimum absolute atomic E-state index is 0. The molecule has 0 radical (unpaired) electrons. The molecule has 0 unspecified atom stereocenters. The highest BCUT2D eigenvalue weighted by molar-refractivity contribution is 9.11. The number of rotatable bonds is 21. The smallest absolute Gasteiger partial charge is 0.444 e. The average molecular weight is 2210 g/mol. The van der Waals surface area contributed by atoms with E-state index >= 15 is 0 Å². The van der Waals surface area contributed by atoms with Gasteiger partial charge in [0.1, 0.15) is 21.4 Å². The lowest BCUT2D eigenvalue weighted by atomic mass is 9.49. The number of ether oxygens (including phenoxy) is 3. The van der Waals surface area contributed by atoms with Crippen molar-refractivity contribution in [1.29, 1.82) is 5.26 Å². The van der Waals surface area contributed by atoms with Gasteiger partial charge in [-0.05, 0) is 379 Å². The first-order valence-electron chi connectivity index (χ1n) is 45.9. The van der Waals surface area contributed by atoms with Crippen molar-refractivity contribution in [2.75, 3.05) is 39.3 Å². The van der Waals surface area contributed by atoms with Crippen LogP contribution in [0.2, 0.25) is 20.1 Å². The summed E-state index contributed by atoms with van der Waals surface area (Å²) < 4.78 is 60.3. The van der Waals surface area contributed by atoms with E-state index in [9.17, 15) is 24.0 Å². The van der Waals surface area contributed by atoms with Crippen LogP contribution in [0, 0.1) is 11.3 Å². The molecule has 752 valence electrons. The van der Waals surface area contributed by atoms with Crippen molar-refractivity contribution < 1.29 is 66.1 Å². The fourth-order valence-corrected chi connectivity index (χ4v) is 18.8. The molecule has 0 saturated carbocycles. The number of thiazole rings is 2. The number of nitrogens with zero attached hydrogens (tertiary/aromatic N) is 7. The Morgan fingerprint density at radius 3 is 1.20 bits per heavy atom. The van der Waals surface area contributed by atoms with Crippen LogP contribution in [0.15, 0.2) is 135 Å². The normalized spacial score (nSPS) is 16.8. The number of alkyl carbamates (subject to hydrolysis) is 3. The predicted octanol–water partition coefficient (Wildman–Crippen LogP) is 27.8. The van der Waals surface area contributed by atoms with Gasteiger partial charge in [0.15, 0.2) is 21.5 Å². The minimum Gasteiger partial charge on any atom is -0.444 e. The van der Waals surface area contributed by atoms with E-state index in [-0.39, 0.29) is 56.3 Å². The Hall–Kier alpha value is -6.71. The van der Waals surface area contributed by atoms with Gasteiger partial charge in [-0.3, -0.25) is 18.4 Å². The van der Waals surface area contributed by atoms with Crippen molar-refractivity contribution in [3.63, 3.8) is 0 Å². The summed E-state index contributed by atoms with van der Waals surface area (Å²) in [6.45, 7) is 48.8. The van der Waals surface area contributed by atoms with E-state index in [1.54, 1.807) is 53.0 Å². The lowest BCUT2D eigenvalue weighted by Crippen LogP contribution is -2.41. The summed E-state index contributed by atoms with van der Waals surface area (Å²) in [4.78, 5) is 76.6. The van der Waals surface area contributed by atoms with E-state index in [1.165, 1.54) is 64.7 Å². The number of likely N-dealkylation sites (tertiary alicyclic amines) is 2. The number of carbonyl (C=O) groups excluding carboxylic acids is 5. The monoisotopic (exact) mass is 2200 g/mol. The largest absolute Gasteiger partial charge is 0.496 e. The minimum atomic E-state index is -0.548. The number of hydrogen-bond donors (Lipinski definition) is 3. The fourth-order valence-electron chi connectivity index (χ4n) is 14.7. The molecule has 36 heteroatoms. The maximum absolute atomic E-state index is 12.9. The van der Waals surface area contributed by atoms with Crippen LogP contribution in [0.1, 0.15) is 288 Å². The van der Waals surface area contributed by atoms with Gasteiger partial charge in [0.25, 0.3) is 0 Å². The molecule has 5 fully saturated rings. The van der Waals surface area contributed by atoms with E-state index < -0.39 is 67.4 Å². The highest BCUT2D eigenvalue weighted by Gasteiger charge is 2.64. The molecule has 5 aliphatic rings. The third kappa shape index (κ3) is 34.0. The van der Waals surface area contributed by atoms with E-state index in [2.05, 4.69) is 87.3 Å². The SMILES string of the molecule is C.C.C.CC(C)(C)OC(=O)NCc1ccc(-c2cn3c(n2)sc2cc(C(=O)CCCCN4CCCCC4)ccc23)c(Cl)c1.CC(C)(C)OC(=O)NCc1ccc(B2OC(C)(C)C(C)(C)O2)c(Cl)c1.CC(C)(C)OC(=O)NCc1ccc(Br)c(Cl)c1.CC1(C)OB(B2OC(C)(C)C(C)(C)O2)OC1(C)C.N#Cc1ccc(Br)c(Cl)c1.O=C(CCCCN1CCCCC1)c1ccc2c(c1)sc1nc(Br)cn12. The van der Waals surface area contributed by atoms with E-state index in [4.69, 9.17) is 98.8 Å². The molecule has 5 aliphatic heterocycles. The quantitative estimate of drug-likeness (QED) is 0.0261. The number of carbonyl (C=O) groups is 5. The zero-order valence-electron chi connectivity index (χ0n) is 81.4. The van der Waals surface area contributed by atoms with Crippen LogP contribution in [-0.2, 0) is 61.8 Å². The summed E-state index contributed by atoms with van der Waals surface area (Å²) >= 11 is 37.8. The number of nitriles is 1. The first kappa shape index (κ1) is 118. The van der Waals surface area contributed by atoms with Crippen molar-refractivity contribution in [2.24, 2.45) is 0 Å². The number of amides is 3. The number of aromatic nitrogens is 4. The molecule has 0 bridgehead atoms. The molecule has 0 atom stereocenters. The summed E-state index contributed by atoms with van der Waals surface area (Å²) in [6, 6.07) is 35.8. The van der Waals surface area contributed by atoms with E-state index in [0.717, 1.165) is 127 Å². The first-order valence-corrected chi connectivity index (χ1v) is 51.4. The molecule has 15 rings (SSSR count). The van der Waals surface area contributed by atoms with Gasteiger partial charge >= 0.3 is 39.4 Å². The average Bonchev–Trinajstić information content (AvgIpc) is 1.59. The fraction of sp³-hybridized carbons (Fsp3) is 0.529. The molecule has 6 aromatic carbocycles. The van der Waals surface area contributed by atoms with Crippen LogP contribution < -0.4 is 21.4 Å². The van der Waals surface area contributed by atoms with Crippen LogP contribution >= 0.6 is 117 Å². The molecular formula is C102H140B3Br3Cl4N10O14S2. The molecule has 24 nitrogen and oxygen atoms in total. The molecule has 3 N–H and O–H groups in total. The Morgan fingerprint density at radius 2 is 0.812 bits per heavy atom. The van der Waals surface area contributed by atoms with Crippen molar-refractivity contribution in [3.8, 4) is 17.3 Å². The molecule has 9 heterocycles. The second-order valence-corrected chi connectivity index (χ2v) is 46.4. The second kappa shape index (κ2) is 50.7. The highest BCUT2D eigenvalue weighted by Crippen LogP contribution is 2.44. The predicted molar refractivity (Wildman–Crippen MR) is 578 cm³/mol. The van der Waals surface area contributed by atoms with Crippen LogP contribution in [-0.4, -0.2) is 169 Å². The number of unbranched alkanes of at least 4 members (excludes halogenated alkanes) is 2. The topological polar surface area (TPSA) is 269 Å². The molecule has 5 saturated heterocycles. The molecule has 10 aromatic rings. The lowest BCUT2D eigenvalue weighted by Gasteiger charge is -2.32. The summed E-state index contributed by atoms with van der Waals surface area (Å²) in [7, 11) is -1.46. The molecule has 0 aliphatic carbocycles. The number of Topliss-reactive ketones (excluding diaryl/α,β-unsaturated/α-hetero) is 2. The Labute approximate surface area is 872 Å². The van der Waals surface area contributed by atoms with Crippen molar-refractivity contribution in [2.45, 2.75) is 315 Å². The van der Waals surface area contributed by atoms with Crippen LogP contribution in [0.5, 0.6) is 0 Å².